The van der Waals surface area contributed by atoms with Gasteiger partial charge < -0.3 is 4.90 Å². The van der Waals surface area contributed by atoms with Gasteiger partial charge in [0, 0.05) is 26.8 Å². The molecule has 2 aromatic rings. The Morgan fingerprint density at radius 1 is 1.55 bits per heavy atom. The number of carbonyl (C=O) groups excluding carboxylic acids is 1. The van der Waals surface area contributed by atoms with Crippen LogP contribution in [0.15, 0.2) is 16.9 Å². The highest BCUT2D eigenvalue weighted by atomic mass is 79.9. The molecule has 20 heavy (non-hydrogen) atoms. The van der Waals surface area contributed by atoms with Crippen molar-refractivity contribution in [3.63, 3.8) is 0 Å². The summed E-state index contributed by atoms with van der Waals surface area (Å²) in [6, 6.07) is 0. The van der Waals surface area contributed by atoms with Gasteiger partial charge >= 0.3 is 0 Å². The molecule has 0 saturated carbocycles. The van der Waals surface area contributed by atoms with Crippen LogP contribution in [0.1, 0.15) is 23.1 Å². The van der Waals surface area contributed by atoms with Crippen molar-refractivity contribution in [1.82, 2.24) is 24.5 Å². The molecule has 0 N–H and O–H groups in total. The van der Waals surface area contributed by atoms with Gasteiger partial charge in [0.25, 0.3) is 5.91 Å². The van der Waals surface area contributed by atoms with Gasteiger partial charge in [-0.15, -0.1) is 0 Å². The molecule has 6 nitrogen and oxygen atoms in total. The smallest absolute Gasteiger partial charge is 0.275 e. The minimum atomic E-state index is -0.165. The first-order chi connectivity index (χ1) is 9.43. The summed E-state index contributed by atoms with van der Waals surface area (Å²) in [6.07, 6.45) is 3.36. The molecule has 0 saturated heterocycles. The summed E-state index contributed by atoms with van der Waals surface area (Å²) < 4.78 is 4.06. The van der Waals surface area contributed by atoms with Gasteiger partial charge in [-0.1, -0.05) is 11.6 Å². The monoisotopic (exact) mass is 359 g/mol. The summed E-state index contributed by atoms with van der Waals surface area (Å²) in [7, 11) is 3.50. The maximum atomic E-state index is 12.4. The zero-order valence-electron chi connectivity index (χ0n) is 11.5. The highest BCUT2D eigenvalue weighted by molar-refractivity contribution is 9.10. The van der Waals surface area contributed by atoms with E-state index in [1.54, 1.807) is 40.8 Å². The molecule has 1 amide bonds. The lowest BCUT2D eigenvalue weighted by atomic mass is 10.3. The number of aromatic nitrogens is 4. The predicted molar refractivity (Wildman–Crippen MR) is 79.6 cm³/mol. The number of halogens is 2. The minimum Gasteiger partial charge on any atom is -0.334 e. The zero-order chi connectivity index (χ0) is 14.9. The van der Waals surface area contributed by atoms with E-state index in [1.165, 1.54) is 0 Å². The summed E-state index contributed by atoms with van der Waals surface area (Å²) in [4.78, 5) is 14.0. The SMILES string of the molecule is CCn1cc(Br)c(C(=O)N(C)Cc2c(Cl)cnn2C)n1. The van der Waals surface area contributed by atoms with Crippen LogP contribution in [0.5, 0.6) is 0 Å². The Morgan fingerprint density at radius 3 is 2.75 bits per heavy atom. The molecule has 0 aliphatic heterocycles. The van der Waals surface area contributed by atoms with Gasteiger partial charge in [0.05, 0.1) is 27.9 Å². The quantitative estimate of drug-likeness (QED) is 0.841. The van der Waals surface area contributed by atoms with Crippen molar-refractivity contribution in [3.05, 3.63) is 33.3 Å². The van der Waals surface area contributed by atoms with Crippen molar-refractivity contribution in [2.45, 2.75) is 20.0 Å². The second-order valence-electron chi connectivity index (χ2n) is 4.41. The van der Waals surface area contributed by atoms with Crippen LogP contribution in [0.25, 0.3) is 0 Å². The summed E-state index contributed by atoms with van der Waals surface area (Å²) in [5, 5.41) is 8.85. The lowest BCUT2D eigenvalue weighted by Crippen LogP contribution is -2.28. The van der Waals surface area contributed by atoms with Crippen molar-refractivity contribution in [1.29, 1.82) is 0 Å². The molecule has 0 aliphatic carbocycles. The first-order valence-corrected chi connectivity index (χ1v) is 7.26. The van der Waals surface area contributed by atoms with Gasteiger partial charge in [0.15, 0.2) is 5.69 Å². The fourth-order valence-corrected chi connectivity index (χ4v) is 2.51. The van der Waals surface area contributed by atoms with Crippen molar-refractivity contribution in [2.24, 2.45) is 7.05 Å². The Morgan fingerprint density at radius 2 is 2.25 bits per heavy atom. The van der Waals surface area contributed by atoms with E-state index < -0.39 is 0 Å². The van der Waals surface area contributed by atoms with E-state index in [2.05, 4.69) is 26.1 Å². The average Bonchev–Trinajstić information content (AvgIpc) is 2.94. The Balaban J connectivity index is 2.18. The normalized spacial score (nSPS) is 10.8. The Kier molecular flexibility index (Phi) is 4.49. The van der Waals surface area contributed by atoms with Gasteiger partial charge in [-0.2, -0.15) is 10.2 Å². The molecule has 0 aromatic carbocycles. The highest BCUT2D eigenvalue weighted by Crippen LogP contribution is 2.19. The van der Waals surface area contributed by atoms with Crippen LogP contribution in [0.4, 0.5) is 0 Å². The zero-order valence-corrected chi connectivity index (χ0v) is 13.8. The number of hydrogen-bond acceptors (Lipinski definition) is 3. The Bertz CT molecular complexity index is 616. The van der Waals surface area contributed by atoms with Gasteiger partial charge in [0.1, 0.15) is 0 Å². The molecular weight excluding hydrogens is 346 g/mol. The minimum absolute atomic E-state index is 0.165. The first-order valence-electron chi connectivity index (χ1n) is 6.08. The molecule has 108 valence electrons. The molecule has 0 spiro atoms. The summed E-state index contributed by atoms with van der Waals surface area (Å²) in [5.74, 6) is -0.165. The average molecular weight is 361 g/mol. The lowest BCUT2D eigenvalue weighted by molar-refractivity contribution is 0.0774. The molecule has 2 heterocycles. The van der Waals surface area contributed by atoms with E-state index in [0.717, 1.165) is 5.69 Å². The fraction of sp³-hybridized carbons (Fsp3) is 0.417. The molecule has 8 heteroatoms. The van der Waals surface area contributed by atoms with Crippen molar-refractivity contribution in [2.75, 3.05) is 7.05 Å². The first kappa shape index (κ1) is 15.1. The second-order valence-corrected chi connectivity index (χ2v) is 5.67. The summed E-state index contributed by atoms with van der Waals surface area (Å²) >= 11 is 9.41. The van der Waals surface area contributed by atoms with Crippen LogP contribution in [-0.2, 0) is 20.1 Å². The van der Waals surface area contributed by atoms with Gasteiger partial charge in [-0.3, -0.25) is 14.2 Å². The van der Waals surface area contributed by atoms with E-state index in [4.69, 9.17) is 11.6 Å². The molecule has 0 bridgehead atoms. The topological polar surface area (TPSA) is 56.0 Å². The van der Waals surface area contributed by atoms with Crippen LogP contribution in [0, 0.1) is 0 Å². The fourth-order valence-electron chi connectivity index (χ4n) is 1.80. The van der Waals surface area contributed by atoms with Crippen LogP contribution in [0.3, 0.4) is 0 Å². The predicted octanol–water partition coefficient (Wildman–Crippen LogP) is 2.32. The van der Waals surface area contributed by atoms with Gasteiger partial charge in [0.2, 0.25) is 0 Å². The number of amides is 1. The van der Waals surface area contributed by atoms with E-state index in [9.17, 15) is 4.79 Å². The number of rotatable bonds is 4. The maximum absolute atomic E-state index is 12.4. The molecule has 0 fully saturated rings. The van der Waals surface area contributed by atoms with Crippen molar-refractivity contribution < 1.29 is 4.79 Å². The van der Waals surface area contributed by atoms with E-state index in [1.807, 2.05) is 6.92 Å². The standard InChI is InChI=1S/C12H15BrClN5O/c1-4-19-6-8(13)11(16-19)12(20)17(2)7-10-9(14)5-15-18(10)3/h5-6H,4,7H2,1-3H3. The van der Waals surface area contributed by atoms with Gasteiger partial charge in [-0.05, 0) is 22.9 Å². The van der Waals surface area contributed by atoms with E-state index in [0.29, 0.717) is 28.3 Å². The van der Waals surface area contributed by atoms with Crippen LogP contribution >= 0.6 is 27.5 Å². The van der Waals surface area contributed by atoms with Crippen molar-refractivity contribution >= 4 is 33.4 Å². The lowest BCUT2D eigenvalue weighted by Gasteiger charge is -2.16. The molecule has 2 rings (SSSR count). The van der Waals surface area contributed by atoms with Crippen LogP contribution in [0.2, 0.25) is 5.02 Å². The largest absolute Gasteiger partial charge is 0.334 e. The van der Waals surface area contributed by atoms with Crippen molar-refractivity contribution in [3.8, 4) is 0 Å². The summed E-state index contributed by atoms with van der Waals surface area (Å²) in [5.41, 5.74) is 1.18. The molecule has 0 atom stereocenters. The maximum Gasteiger partial charge on any atom is 0.275 e. The number of aryl methyl sites for hydroxylation is 2. The third kappa shape index (κ3) is 2.88. The Labute approximate surface area is 130 Å². The number of nitrogens with zero attached hydrogens (tertiary/aromatic N) is 5. The molecule has 0 unspecified atom stereocenters. The molecule has 0 radical (unpaired) electrons. The van der Waals surface area contributed by atoms with Crippen LogP contribution < -0.4 is 0 Å². The third-order valence-corrected chi connectivity index (χ3v) is 3.88. The number of carbonyl (C=O) groups is 1. The van der Waals surface area contributed by atoms with Crippen LogP contribution in [-0.4, -0.2) is 37.4 Å². The summed E-state index contributed by atoms with van der Waals surface area (Å²) in [6.45, 7) is 3.05. The number of hydrogen-bond donors (Lipinski definition) is 0. The third-order valence-electron chi connectivity index (χ3n) is 2.99. The van der Waals surface area contributed by atoms with Gasteiger partial charge in [-0.25, -0.2) is 0 Å². The molecule has 2 aromatic heterocycles. The second kappa shape index (κ2) is 5.97. The van der Waals surface area contributed by atoms with E-state index >= 15 is 0 Å². The molecular formula is C12H15BrClN5O. The molecule has 0 aliphatic rings. The Hall–Kier alpha value is -1.34. The highest BCUT2D eigenvalue weighted by Gasteiger charge is 2.20. The van der Waals surface area contributed by atoms with E-state index in [-0.39, 0.29) is 5.91 Å².